The summed E-state index contributed by atoms with van der Waals surface area (Å²) in [5, 5.41) is 2.80. The number of carbonyl (C=O) groups is 3. The van der Waals surface area contributed by atoms with Crippen molar-refractivity contribution in [2.24, 2.45) is 0 Å². The number of rotatable bonds is 36. The van der Waals surface area contributed by atoms with Crippen molar-refractivity contribution in [3.05, 3.63) is 0 Å². The summed E-state index contributed by atoms with van der Waals surface area (Å²) in [6.07, 6.45) is 32.2. The molecule has 0 rings (SSSR count). The summed E-state index contributed by atoms with van der Waals surface area (Å²) in [6.45, 7) is 6.22. The van der Waals surface area contributed by atoms with Gasteiger partial charge in [-0.3, -0.25) is 14.5 Å². The Morgan fingerprint density at radius 1 is 0.490 bits per heavy atom. The zero-order chi connectivity index (χ0) is 36.2. The van der Waals surface area contributed by atoms with Gasteiger partial charge in [-0.2, -0.15) is 0 Å². The molecule has 0 saturated carbocycles. The summed E-state index contributed by atoms with van der Waals surface area (Å²) >= 11 is 0. The van der Waals surface area contributed by atoms with Crippen LogP contribution in [0.4, 0.5) is 4.79 Å². The van der Waals surface area contributed by atoms with Gasteiger partial charge in [0.2, 0.25) is 0 Å². The molecule has 0 fully saturated rings. The molecule has 0 aliphatic heterocycles. The normalized spacial score (nSPS) is 12.5. The van der Waals surface area contributed by atoms with Crippen molar-refractivity contribution >= 4 is 18.0 Å². The Kier molecular flexibility index (Phi) is 34.6. The van der Waals surface area contributed by atoms with Gasteiger partial charge in [0.25, 0.3) is 0 Å². The van der Waals surface area contributed by atoms with Crippen molar-refractivity contribution in [3.8, 4) is 0 Å². The molecule has 2 atom stereocenters. The van der Waals surface area contributed by atoms with E-state index in [4.69, 9.17) is 14.2 Å². The number of nitrogens with zero attached hydrogens (tertiary/aromatic N) is 1. The van der Waals surface area contributed by atoms with Crippen molar-refractivity contribution in [3.63, 3.8) is 0 Å². The van der Waals surface area contributed by atoms with Crippen molar-refractivity contribution < 1.29 is 28.6 Å². The van der Waals surface area contributed by atoms with Gasteiger partial charge in [0.1, 0.15) is 13.2 Å². The molecule has 1 N–H and O–H groups in total. The summed E-state index contributed by atoms with van der Waals surface area (Å²) in [4.78, 5) is 39.4. The first-order valence-corrected chi connectivity index (χ1v) is 20.8. The average molecular weight is 697 g/mol. The summed E-state index contributed by atoms with van der Waals surface area (Å²) in [5.74, 6) is -0.645. The third-order valence-electron chi connectivity index (χ3n) is 9.39. The van der Waals surface area contributed by atoms with E-state index in [0.717, 1.165) is 44.9 Å². The second-order valence-corrected chi connectivity index (χ2v) is 14.4. The lowest BCUT2D eigenvalue weighted by Gasteiger charge is -2.24. The maximum atomic E-state index is 12.6. The molecule has 0 bridgehead atoms. The lowest BCUT2D eigenvalue weighted by atomic mass is 10.0. The van der Waals surface area contributed by atoms with Gasteiger partial charge in [0.15, 0.2) is 6.10 Å². The van der Waals surface area contributed by atoms with E-state index < -0.39 is 12.2 Å². The minimum atomic E-state index is -0.824. The molecule has 0 radical (unpaired) electrons. The van der Waals surface area contributed by atoms with Crippen molar-refractivity contribution in [2.45, 2.75) is 219 Å². The number of unbranched alkanes of at least 4 members (excludes halogenated alkanes) is 24. The Morgan fingerprint density at radius 3 is 1.20 bits per heavy atom. The molecule has 0 aromatic carbocycles. The van der Waals surface area contributed by atoms with Crippen LogP contribution in [0, 0.1) is 0 Å². The van der Waals surface area contributed by atoms with E-state index in [0.29, 0.717) is 12.8 Å². The zero-order valence-corrected chi connectivity index (χ0v) is 33.0. The monoisotopic (exact) mass is 697 g/mol. The van der Waals surface area contributed by atoms with Crippen molar-refractivity contribution in [2.75, 3.05) is 27.3 Å². The first kappa shape index (κ1) is 47.2. The van der Waals surface area contributed by atoms with Crippen LogP contribution in [0.1, 0.15) is 207 Å². The highest BCUT2D eigenvalue weighted by molar-refractivity contribution is 5.70. The van der Waals surface area contributed by atoms with E-state index in [1.54, 1.807) is 0 Å². The van der Waals surface area contributed by atoms with Crippen molar-refractivity contribution in [1.29, 1.82) is 0 Å². The molecule has 0 aromatic heterocycles. The Bertz CT molecular complexity index is 762. The lowest BCUT2D eigenvalue weighted by molar-refractivity contribution is -0.161. The molecule has 49 heavy (non-hydrogen) atoms. The second kappa shape index (κ2) is 36.0. The number of esters is 2. The summed E-state index contributed by atoms with van der Waals surface area (Å²) in [6, 6.07) is 0. The predicted molar refractivity (Wildman–Crippen MR) is 204 cm³/mol. The minimum Gasteiger partial charge on any atom is -0.462 e. The molecule has 2 unspecified atom stereocenters. The third kappa shape index (κ3) is 33.1. The van der Waals surface area contributed by atoms with Crippen LogP contribution in [0.25, 0.3) is 0 Å². The summed E-state index contributed by atoms with van der Waals surface area (Å²) < 4.78 is 16.5. The van der Waals surface area contributed by atoms with Crippen LogP contribution < -0.4 is 5.32 Å². The third-order valence-corrected chi connectivity index (χ3v) is 9.39. The number of hydrogen-bond donors (Lipinski definition) is 1. The minimum absolute atomic E-state index is 0.111. The van der Waals surface area contributed by atoms with Gasteiger partial charge >= 0.3 is 18.0 Å². The molecular weight excluding hydrogens is 616 g/mol. The van der Waals surface area contributed by atoms with E-state index in [1.807, 2.05) is 25.9 Å². The SMILES string of the molecule is CCCCCCCCCCCCCCCC(=O)OCC(COC(=O)NC(CC)N(C)C)OC(=O)CCCCCCCCCCCCCCC. The molecule has 290 valence electrons. The molecule has 0 aliphatic carbocycles. The van der Waals surface area contributed by atoms with Gasteiger partial charge in [-0.25, -0.2) is 4.79 Å². The first-order chi connectivity index (χ1) is 23.8. The van der Waals surface area contributed by atoms with Crippen LogP contribution >= 0.6 is 0 Å². The van der Waals surface area contributed by atoms with Gasteiger partial charge in [-0.15, -0.1) is 0 Å². The lowest BCUT2D eigenvalue weighted by Crippen LogP contribution is -2.45. The van der Waals surface area contributed by atoms with Crippen LogP contribution in [0.15, 0.2) is 0 Å². The number of alkyl carbamates (subject to hydrolysis) is 1. The first-order valence-electron chi connectivity index (χ1n) is 20.8. The molecule has 0 spiro atoms. The molecule has 1 amide bonds. The smallest absolute Gasteiger partial charge is 0.408 e. The van der Waals surface area contributed by atoms with Crippen LogP contribution in [0.5, 0.6) is 0 Å². The number of nitrogens with one attached hydrogen (secondary N) is 1. The Morgan fingerprint density at radius 2 is 0.837 bits per heavy atom. The largest absolute Gasteiger partial charge is 0.462 e. The molecule has 0 aliphatic rings. The summed E-state index contributed by atoms with van der Waals surface area (Å²) in [7, 11) is 3.76. The number of amides is 1. The molecule has 8 heteroatoms. The Balaban J connectivity index is 4.30. The highest BCUT2D eigenvalue weighted by atomic mass is 16.6. The number of hydrogen-bond acceptors (Lipinski definition) is 7. The van der Waals surface area contributed by atoms with E-state index in [1.165, 1.54) is 128 Å². The highest BCUT2D eigenvalue weighted by Gasteiger charge is 2.21. The quantitative estimate of drug-likeness (QED) is 0.0301. The molecule has 0 heterocycles. The van der Waals surface area contributed by atoms with Crippen LogP contribution in [0.2, 0.25) is 0 Å². The van der Waals surface area contributed by atoms with Gasteiger partial charge in [0, 0.05) is 12.8 Å². The molecule has 8 nitrogen and oxygen atoms in total. The average Bonchev–Trinajstić information content (AvgIpc) is 3.08. The molecular formula is C41H80N2O6. The number of ether oxygens (including phenoxy) is 3. The van der Waals surface area contributed by atoms with Gasteiger partial charge in [-0.1, -0.05) is 175 Å². The van der Waals surface area contributed by atoms with Crippen LogP contribution in [0.3, 0.4) is 0 Å². The Labute approximate surface area is 302 Å². The fourth-order valence-corrected chi connectivity index (χ4v) is 6.14. The maximum absolute atomic E-state index is 12.6. The van der Waals surface area contributed by atoms with E-state index >= 15 is 0 Å². The van der Waals surface area contributed by atoms with Crippen LogP contribution in [-0.2, 0) is 23.8 Å². The standard InChI is InChI=1S/C41H80N2O6/c1-6-9-11-13-15-17-19-21-23-25-27-29-31-33-39(44)47-35-37(36-48-41(46)42-38(8-3)43(4)5)49-40(45)34-32-30-28-26-24-22-20-18-16-14-12-10-7-2/h37-38H,6-36H2,1-5H3,(H,42,46). The molecule has 0 aromatic rings. The maximum Gasteiger partial charge on any atom is 0.408 e. The Hall–Kier alpha value is -1.83. The van der Waals surface area contributed by atoms with E-state index in [9.17, 15) is 14.4 Å². The van der Waals surface area contributed by atoms with Crippen molar-refractivity contribution in [1.82, 2.24) is 10.2 Å². The highest BCUT2D eigenvalue weighted by Crippen LogP contribution is 2.15. The summed E-state index contributed by atoms with van der Waals surface area (Å²) in [5.41, 5.74) is 0. The topological polar surface area (TPSA) is 94.2 Å². The fraction of sp³-hybridized carbons (Fsp3) is 0.927. The number of carbonyl (C=O) groups excluding carboxylic acids is 3. The molecule has 0 saturated heterocycles. The van der Waals surface area contributed by atoms with E-state index in [-0.39, 0.29) is 31.3 Å². The van der Waals surface area contributed by atoms with Crippen LogP contribution in [-0.4, -0.2) is 62.5 Å². The zero-order valence-electron chi connectivity index (χ0n) is 33.0. The van der Waals surface area contributed by atoms with Gasteiger partial charge in [-0.05, 0) is 33.4 Å². The second-order valence-electron chi connectivity index (χ2n) is 14.4. The van der Waals surface area contributed by atoms with E-state index in [2.05, 4.69) is 19.2 Å². The van der Waals surface area contributed by atoms with Gasteiger partial charge in [0.05, 0.1) is 6.17 Å². The predicted octanol–water partition coefficient (Wildman–Crippen LogP) is 11.4. The fourth-order valence-electron chi connectivity index (χ4n) is 6.14. The van der Waals surface area contributed by atoms with Gasteiger partial charge < -0.3 is 19.5 Å².